The maximum atomic E-state index is 14.5. The van der Waals surface area contributed by atoms with Crippen molar-refractivity contribution >= 4 is 40.6 Å². The number of esters is 1. The van der Waals surface area contributed by atoms with E-state index in [0.717, 1.165) is 27.8 Å². The fourth-order valence-corrected chi connectivity index (χ4v) is 6.79. The first-order chi connectivity index (χ1) is 20.3. The standard InChI is InChI=1S/C33H29FN4O4/c1-3-38-27-15-22(34)14-24-28(27)23(12-13-35-30(24)39)29(38)20-10-8-19(9-11-20)17-37(2)18-21-16-33(42-31(21)40)25-6-4-5-7-26(25)36-32(33)41/h3-11,14-15,21H,1,12-13,16-18H2,2H3,(H,35,39)(H,36,41). The van der Waals surface area contributed by atoms with Crippen molar-refractivity contribution < 1.29 is 23.5 Å². The van der Waals surface area contributed by atoms with Gasteiger partial charge in [0.15, 0.2) is 0 Å². The number of aromatic nitrogens is 1. The Balaban J connectivity index is 1.12. The molecule has 2 atom stereocenters. The van der Waals surface area contributed by atoms with Crippen molar-refractivity contribution in [2.75, 3.05) is 25.5 Å². The van der Waals surface area contributed by atoms with Crippen LogP contribution in [0, 0.1) is 11.7 Å². The van der Waals surface area contributed by atoms with Gasteiger partial charge in [0.2, 0.25) is 5.60 Å². The Morgan fingerprint density at radius 1 is 1.14 bits per heavy atom. The van der Waals surface area contributed by atoms with Gasteiger partial charge < -0.3 is 24.8 Å². The number of hydrogen-bond acceptors (Lipinski definition) is 5. The molecule has 0 aliphatic carbocycles. The molecule has 2 amide bonds. The van der Waals surface area contributed by atoms with Gasteiger partial charge in [0, 0.05) is 48.9 Å². The highest BCUT2D eigenvalue weighted by Gasteiger charge is 2.57. The lowest BCUT2D eigenvalue weighted by molar-refractivity contribution is -0.157. The van der Waals surface area contributed by atoms with Gasteiger partial charge in [-0.1, -0.05) is 49.0 Å². The van der Waals surface area contributed by atoms with E-state index in [9.17, 15) is 18.8 Å². The number of benzene rings is 3. The maximum Gasteiger partial charge on any atom is 0.311 e. The van der Waals surface area contributed by atoms with Gasteiger partial charge in [-0.05, 0) is 48.4 Å². The van der Waals surface area contributed by atoms with Crippen molar-refractivity contribution in [2.24, 2.45) is 5.92 Å². The van der Waals surface area contributed by atoms with Crippen LogP contribution in [0.25, 0.3) is 28.4 Å². The first-order valence-electron chi connectivity index (χ1n) is 14.0. The van der Waals surface area contributed by atoms with E-state index in [1.54, 1.807) is 6.20 Å². The summed E-state index contributed by atoms with van der Waals surface area (Å²) in [5.41, 5.74) is 4.94. The second-order valence-electron chi connectivity index (χ2n) is 11.3. The van der Waals surface area contributed by atoms with Crippen molar-refractivity contribution in [3.63, 3.8) is 0 Å². The quantitative estimate of drug-likeness (QED) is 0.332. The molecule has 1 fully saturated rings. The summed E-state index contributed by atoms with van der Waals surface area (Å²) in [7, 11) is 1.94. The van der Waals surface area contributed by atoms with Crippen LogP contribution >= 0.6 is 0 Å². The molecular weight excluding hydrogens is 535 g/mol. The van der Waals surface area contributed by atoms with E-state index in [4.69, 9.17) is 4.74 Å². The lowest BCUT2D eigenvalue weighted by atomic mass is 9.88. The number of carbonyl (C=O) groups excluding carboxylic acids is 3. The third kappa shape index (κ3) is 3.95. The van der Waals surface area contributed by atoms with Crippen LogP contribution < -0.4 is 10.6 Å². The smallest absolute Gasteiger partial charge is 0.311 e. The second kappa shape index (κ2) is 9.66. The molecule has 212 valence electrons. The summed E-state index contributed by atoms with van der Waals surface area (Å²) in [6, 6.07) is 18.2. The van der Waals surface area contributed by atoms with Crippen LogP contribution in [-0.4, -0.2) is 47.4 Å². The Morgan fingerprint density at radius 3 is 2.71 bits per heavy atom. The Bertz CT molecular complexity index is 1810. The molecule has 8 nitrogen and oxygen atoms in total. The first-order valence-corrected chi connectivity index (χ1v) is 14.0. The van der Waals surface area contributed by atoms with Gasteiger partial charge in [-0.3, -0.25) is 14.4 Å². The first kappa shape index (κ1) is 26.2. The number of ether oxygens (including phenoxy) is 1. The molecule has 3 aromatic carbocycles. The number of rotatable bonds is 6. The number of nitrogens with zero attached hydrogens (tertiary/aromatic N) is 2. The molecule has 2 unspecified atom stereocenters. The predicted octanol–water partition coefficient (Wildman–Crippen LogP) is 4.68. The molecule has 4 aromatic rings. The van der Waals surface area contributed by atoms with E-state index in [2.05, 4.69) is 22.1 Å². The SMILES string of the molecule is C=Cn1c(-c2ccc(CN(C)CC3CC4(OC3=O)C(=O)Nc3ccccc34)cc2)c2c3c(cc(F)cc31)C(=O)NCC2. The van der Waals surface area contributed by atoms with Gasteiger partial charge in [-0.15, -0.1) is 0 Å². The van der Waals surface area contributed by atoms with Gasteiger partial charge in [0.1, 0.15) is 5.82 Å². The number of fused-ring (bicyclic) bond motifs is 2. The Kier molecular flexibility index (Phi) is 6.02. The minimum absolute atomic E-state index is 0.278. The fraction of sp³-hybridized carbons (Fsp3) is 0.242. The zero-order chi connectivity index (χ0) is 29.2. The van der Waals surface area contributed by atoms with Crippen LogP contribution in [0.3, 0.4) is 0 Å². The van der Waals surface area contributed by atoms with Crippen molar-refractivity contribution in [1.82, 2.24) is 14.8 Å². The lowest BCUT2D eigenvalue weighted by Gasteiger charge is -2.21. The van der Waals surface area contributed by atoms with Crippen molar-refractivity contribution in [1.29, 1.82) is 0 Å². The molecule has 0 saturated carbocycles. The number of amides is 2. The van der Waals surface area contributed by atoms with Gasteiger partial charge in [-0.2, -0.15) is 0 Å². The predicted molar refractivity (Wildman–Crippen MR) is 157 cm³/mol. The van der Waals surface area contributed by atoms with Gasteiger partial charge in [0.25, 0.3) is 11.8 Å². The fourth-order valence-electron chi connectivity index (χ4n) is 6.79. The van der Waals surface area contributed by atoms with E-state index in [1.807, 2.05) is 60.1 Å². The molecule has 3 aliphatic heterocycles. The van der Waals surface area contributed by atoms with Crippen molar-refractivity contribution in [2.45, 2.75) is 25.0 Å². The number of para-hydroxylation sites is 1. The average molecular weight is 565 g/mol. The summed E-state index contributed by atoms with van der Waals surface area (Å²) in [4.78, 5) is 40.4. The minimum Gasteiger partial charge on any atom is -0.444 e. The monoisotopic (exact) mass is 564 g/mol. The average Bonchev–Trinajstić information content (AvgIpc) is 3.52. The van der Waals surface area contributed by atoms with E-state index in [-0.39, 0.29) is 17.8 Å². The zero-order valence-electron chi connectivity index (χ0n) is 23.1. The lowest BCUT2D eigenvalue weighted by Crippen LogP contribution is -2.34. The summed E-state index contributed by atoms with van der Waals surface area (Å²) in [5.74, 6) is -1.84. The van der Waals surface area contributed by atoms with Gasteiger partial charge >= 0.3 is 5.97 Å². The number of nitrogens with one attached hydrogen (secondary N) is 2. The highest BCUT2D eigenvalue weighted by molar-refractivity contribution is 6.11. The highest BCUT2D eigenvalue weighted by atomic mass is 19.1. The molecule has 1 saturated heterocycles. The van der Waals surface area contributed by atoms with E-state index in [1.165, 1.54) is 12.1 Å². The molecule has 4 heterocycles. The van der Waals surface area contributed by atoms with Crippen LogP contribution in [-0.2, 0) is 32.9 Å². The molecule has 9 heteroatoms. The third-order valence-corrected chi connectivity index (χ3v) is 8.59. The largest absolute Gasteiger partial charge is 0.444 e. The Hall–Kier alpha value is -4.76. The van der Waals surface area contributed by atoms with Crippen LogP contribution in [0.4, 0.5) is 10.1 Å². The molecule has 1 aromatic heterocycles. The Morgan fingerprint density at radius 2 is 1.93 bits per heavy atom. The second-order valence-corrected chi connectivity index (χ2v) is 11.3. The van der Waals surface area contributed by atoms with Gasteiger partial charge in [-0.25, -0.2) is 4.39 Å². The summed E-state index contributed by atoms with van der Waals surface area (Å²) < 4.78 is 22.1. The van der Waals surface area contributed by atoms with E-state index < -0.39 is 17.3 Å². The summed E-state index contributed by atoms with van der Waals surface area (Å²) in [5, 5.41) is 6.47. The van der Waals surface area contributed by atoms with E-state index in [0.29, 0.717) is 54.8 Å². The molecular formula is C33H29FN4O4. The van der Waals surface area contributed by atoms with E-state index >= 15 is 0 Å². The molecule has 0 radical (unpaired) electrons. The number of hydrogen-bond donors (Lipinski definition) is 2. The molecule has 42 heavy (non-hydrogen) atoms. The van der Waals surface area contributed by atoms with Crippen LogP contribution in [0.15, 0.2) is 67.2 Å². The molecule has 1 spiro atoms. The maximum absolute atomic E-state index is 14.5. The van der Waals surface area contributed by atoms with Crippen LogP contribution in [0.2, 0.25) is 0 Å². The summed E-state index contributed by atoms with van der Waals surface area (Å²) in [6.07, 6.45) is 2.57. The summed E-state index contributed by atoms with van der Waals surface area (Å²) >= 11 is 0. The third-order valence-electron chi connectivity index (χ3n) is 8.59. The number of carbonyl (C=O) groups is 3. The van der Waals surface area contributed by atoms with Crippen LogP contribution in [0.5, 0.6) is 0 Å². The van der Waals surface area contributed by atoms with Crippen molar-refractivity contribution in [3.8, 4) is 11.3 Å². The van der Waals surface area contributed by atoms with Crippen molar-refractivity contribution in [3.05, 3.63) is 95.3 Å². The van der Waals surface area contributed by atoms with Gasteiger partial charge in [0.05, 0.1) is 22.7 Å². The molecule has 0 bridgehead atoms. The van der Waals surface area contributed by atoms with Crippen LogP contribution in [0.1, 0.15) is 33.5 Å². The highest BCUT2D eigenvalue weighted by Crippen LogP contribution is 2.47. The summed E-state index contributed by atoms with van der Waals surface area (Å²) in [6.45, 7) is 5.46. The zero-order valence-corrected chi connectivity index (χ0v) is 23.1. The molecule has 3 aliphatic rings. The Labute approximate surface area is 241 Å². The molecule has 7 rings (SSSR count). The number of anilines is 1. The normalized spacial score (nSPS) is 20.9. The number of halogens is 1. The molecule has 2 N–H and O–H groups in total. The minimum atomic E-state index is -1.26. The topological polar surface area (TPSA) is 92.7 Å².